The molecule has 0 aliphatic carbocycles. The first-order valence-corrected chi connectivity index (χ1v) is 10.6. The average Bonchev–Trinajstić information content (AvgIpc) is 2.79. The molecule has 0 saturated carbocycles. The van der Waals surface area contributed by atoms with Gasteiger partial charge in [0, 0.05) is 25.8 Å². The van der Waals surface area contributed by atoms with Crippen LogP contribution in [-0.2, 0) is 11.3 Å². The first-order valence-electron chi connectivity index (χ1n) is 10.6. The minimum atomic E-state index is -0.150. The fourth-order valence-corrected chi connectivity index (χ4v) is 3.77. The monoisotopic (exact) mass is 396 g/mol. The van der Waals surface area contributed by atoms with E-state index in [0.29, 0.717) is 12.5 Å². The summed E-state index contributed by atoms with van der Waals surface area (Å²) in [6.45, 7) is 8.01. The predicted octanol–water partition coefficient (Wildman–Crippen LogP) is 3.89. The van der Waals surface area contributed by atoms with Crippen LogP contribution in [0.15, 0.2) is 48.7 Å². The van der Waals surface area contributed by atoms with Crippen LogP contribution in [0.25, 0.3) is 0 Å². The molecule has 1 aliphatic heterocycles. The van der Waals surface area contributed by atoms with E-state index in [1.54, 1.807) is 0 Å². The van der Waals surface area contributed by atoms with Gasteiger partial charge in [0.25, 0.3) is 0 Å². The van der Waals surface area contributed by atoms with Crippen molar-refractivity contribution in [3.63, 3.8) is 0 Å². The molecule has 1 aromatic carbocycles. The molecule has 6 heteroatoms. The summed E-state index contributed by atoms with van der Waals surface area (Å²) in [6, 6.07) is 14.1. The Bertz CT molecular complexity index is 741. The highest BCUT2D eigenvalue weighted by Crippen LogP contribution is 2.27. The van der Waals surface area contributed by atoms with Gasteiger partial charge >= 0.3 is 6.03 Å². The number of pyridine rings is 1. The molecule has 0 radical (unpaired) electrons. The number of hydrogen-bond donors (Lipinski definition) is 2. The fraction of sp³-hybridized carbons (Fsp3) is 0.478. The lowest BCUT2D eigenvalue weighted by Gasteiger charge is -2.28. The maximum atomic E-state index is 12.6. The summed E-state index contributed by atoms with van der Waals surface area (Å²) in [6.07, 6.45) is 3.87. The van der Waals surface area contributed by atoms with Gasteiger partial charge in [-0.3, -0.25) is 0 Å². The number of carbonyl (C=O) groups is 1. The van der Waals surface area contributed by atoms with Crippen LogP contribution in [0.5, 0.6) is 0 Å². The van der Waals surface area contributed by atoms with Gasteiger partial charge in [0.2, 0.25) is 0 Å². The van der Waals surface area contributed by atoms with Crippen LogP contribution in [0, 0.1) is 5.92 Å². The second kappa shape index (κ2) is 10.8. The van der Waals surface area contributed by atoms with Gasteiger partial charge in [0.15, 0.2) is 0 Å². The standard InChI is InChI=1S/C23H32N4O2/c1-3-19(4-2)22(20-8-6-5-7-9-20)26-23(28)25-17-18-10-11-21(24-16-18)27-12-14-29-15-13-27/h5-11,16,19,22H,3-4,12-15,17H2,1-2H3,(H2,25,26,28)/t22-/m0/s1. The van der Waals surface area contributed by atoms with Gasteiger partial charge in [-0.25, -0.2) is 9.78 Å². The SMILES string of the molecule is CCC(CC)[C@H](NC(=O)NCc1ccc(N2CCOCC2)nc1)c1ccccc1. The van der Waals surface area contributed by atoms with Crippen LogP contribution in [0.2, 0.25) is 0 Å². The topological polar surface area (TPSA) is 66.5 Å². The van der Waals surface area contributed by atoms with Gasteiger partial charge in [-0.1, -0.05) is 63.1 Å². The number of ether oxygens (including phenoxy) is 1. The van der Waals surface area contributed by atoms with Gasteiger partial charge < -0.3 is 20.3 Å². The van der Waals surface area contributed by atoms with Crippen LogP contribution in [0.4, 0.5) is 10.6 Å². The van der Waals surface area contributed by atoms with Crippen molar-refractivity contribution >= 4 is 11.8 Å². The van der Waals surface area contributed by atoms with Gasteiger partial charge in [0.05, 0.1) is 19.3 Å². The number of benzene rings is 1. The molecule has 0 spiro atoms. The van der Waals surface area contributed by atoms with E-state index in [4.69, 9.17) is 4.74 Å². The average molecular weight is 397 g/mol. The smallest absolute Gasteiger partial charge is 0.315 e. The fourth-order valence-electron chi connectivity index (χ4n) is 3.77. The van der Waals surface area contributed by atoms with Crippen LogP contribution < -0.4 is 15.5 Å². The number of carbonyl (C=O) groups excluding carboxylic acids is 1. The van der Waals surface area contributed by atoms with Crippen molar-refractivity contribution in [2.75, 3.05) is 31.2 Å². The van der Waals surface area contributed by atoms with Gasteiger partial charge in [-0.05, 0) is 23.1 Å². The Balaban J connectivity index is 1.56. The van der Waals surface area contributed by atoms with Crippen molar-refractivity contribution in [3.05, 3.63) is 59.8 Å². The molecule has 1 aliphatic rings. The first kappa shape index (κ1) is 21.1. The molecule has 2 aromatic rings. The number of morpholine rings is 1. The molecule has 0 unspecified atom stereocenters. The van der Waals surface area contributed by atoms with E-state index in [0.717, 1.165) is 56.1 Å². The van der Waals surface area contributed by atoms with Gasteiger partial charge in [-0.2, -0.15) is 0 Å². The Labute approximate surface area is 173 Å². The highest BCUT2D eigenvalue weighted by Gasteiger charge is 2.22. The normalized spacial score (nSPS) is 15.2. The summed E-state index contributed by atoms with van der Waals surface area (Å²) in [5, 5.41) is 6.15. The van der Waals surface area contributed by atoms with Crippen molar-refractivity contribution < 1.29 is 9.53 Å². The molecule has 2 N–H and O–H groups in total. The van der Waals surface area contributed by atoms with Crippen LogP contribution in [0.3, 0.4) is 0 Å². The van der Waals surface area contributed by atoms with E-state index >= 15 is 0 Å². The minimum absolute atomic E-state index is 0.00743. The predicted molar refractivity (Wildman–Crippen MR) is 116 cm³/mol. The third-order valence-electron chi connectivity index (χ3n) is 5.56. The van der Waals surface area contributed by atoms with Gasteiger partial charge in [0.1, 0.15) is 5.82 Å². The molecule has 0 bridgehead atoms. The number of hydrogen-bond acceptors (Lipinski definition) is 4. The Morgan fingerprint density at radius 1 is 1.10 bits per heavy atom. The van der Waals surface area contributed by atoms with Crippen LogP contribution >= 0.6 is 0 Å². The number of urea groups is 1. The lowest BCUT2D eigenvalue weighted by molar-refractivity contribution is 0.122. The summed E-state index contributed by atoms with van der Waals surface area (Å²) < 4.78 is 5.38. The summed E-state index contributed by atoms with van der Waals surface area (Å²) in [7, 11) is 0. The molecular weight excluding hydrogens is 364 g/mol. The lowest BCUT2D eigenvalue weighted by atomic mass is 9.89. The second-order valence-electron chi connectivity index (χ2n) is 7.42. The van der Waals surface area contributed by atoms with E-state index in [9.17, 15) is 4.79 Å². The lowest BCUT2D eigenvalue weighted by Crippen LogP contribution is -2.40. The van der Waals surface area contributed by atoms with Crippen LogP contribution in [-0.4, -0.2) is 37.3 Å². The molecule has 29 heavy (non-hydrogen) atoms. The molecule has 1 saturated heterocycles. The summed E-state index contributed by atoms with van der Waals surface area (Å²) in [4.78, 5) is 19.3. The number of aromatic nitrogens is 1. The van der Waals surface area contributed by atoms with E-state index < -0.39 is 0 Å². The zero-order valence-corrected chi connectivity index (χ0v) is 17.4. The summed E-state index contributed by atoms with van der Waals surface area (Å²) >= 11 is 0. The molecule has 6 nitrogen and oxygen atoms in total. The quantitative estimate of drug-likeness (QED) is 0.710. The Morgan fingerprint density at radius 3 is 2.45 bits per heavy atom. The maximum Gasteiger partial charge on any atom is 0.315 e. The Hall–Kier alpha value is -2.60. The molecule has 1 atom stereocenters. The van der Waals surface area contributed by atoms with E-state index in [-0.39, 0.29) is 12.1 Å². The Morgan fingerprint density at radius 2 is 1.83 bits per heavy atom. The number of nitrogens with one attached hydrogen (secondary N) is 2. The van der Waals surface area contributed by atoms with E-state index in [1.807, 2.05) is 36.5 Å². The third kappa shape index (κ3) is 5.94. The molecular formula is C23H32N4O2. The highest BCUT2D eigenvalue weighted by atomic mass is 16.5. The number of amides is 2. The number of nitrogens with zero attached hydrogens (tertiary/aromatic N) is 2. The molecule has 2 amide bonds. The number of rotatable bonds is 8. The van der Waals surface area contributed by atoms with Gasteiger partial charge in [-0.15, -0.1) is 0 Å². The zero-order valence-electron chi connectivity index (χ0n) is 17.4. The third-order valence-corrected chi connectivity index (χ3v) is 5.56. The highest BCUT2D eigenvalue weighted by molar-refractivity contribution is 5.74. The number of anilines is 1. The zero-order chi connectivity index (χ0) is 20.5. The molecule has 1 aromatic heterocycles. The molecule has 156 valence electrons. The summed E-state index contributed by atoms with van der Waals surface area (Å²) in [5.74, 6) is 1.36. The summed E-state index contributed by atoms with van der Waals surface area (Å²) in [5.41, 5.74) is 2.13. The maximum absolute atomic E-state index is 12.6. The van der Waals surface area contributed by atoms with Crippen molar-refractivity contribution in [1.82, 2.24) is 15.6 Å². The van der Waals surface area contributed by atoms with E-state index in [1.165, 1.54) is 0 Å². The minimum Gasteiger partial charge on any atom is -0.378 e. The molecule has 1 fully saturated rings. The molecule has 3 rings (SSSR count). The van der Waals surface area contributed by atoms with Crippen molar-refractivity contribution in [2.24, 2.45) is 5.92 Å². The van der Waals surface area contributed by atoms with Crippen molar-refractivity contribution in [3.8, 4) is 0 Å². The second-order valence-corrected chi connectivity index (χ2v) is 7.42. The Kier molecular flexibility index (Phi) is 7.87. The molecule has 2 heterocycles. The van der Waals surface area contributed by atoms with Crippen molar-refractivity contribution in [2.45, 2.75) is 39.3 Å². The first-order chi connectivity index (χ1) is 14.2. The van der Waals surface area contributed by atoms with Crippen LogP contribution in [0.1, 0.15) is 43.9 Å². The largest absolute Gasteiger partial charge is 0.378 e. The van der Waals surface area contributed by atoms with E-state index in [2.05, 4.69) is 46.5 Å². The van der Waals surface area contributed by atoms with Crippen molar-refractivity contribution in [1.29, 1.82) is 0 Å².